The average Bonchev–Trinajstić information content (AvgIpc) is 2.37. The molecule has 0 amide bonds. The maximum absolute atomic E-state index is 6.02. The average molecular weight is 479 g/mol. The number of hydrogen-bond acceptors (Lipinski definition) is 2. The highest BCUT2D eigenvalue weighted by molar-refractivity contribution is 9.09. The van der Waals surface area contributed by atoms with E-state index in [2.05, 4.69) is 37.9 Å². The third-order valence-electron chi connectivity index (χ3n) is 3.15. The molecule has 1 saturated heterocycles. The lowest BCUT2D eigenvalue weighted by atomic mass is 10.2. The molecule has 1 aliphatic rings. The summed E-state index contributed by atoms with van der Waals surface area (Å²) in [5.74, 6) is 0. The highest BCUT2D eigenvalue weighted by Gasteiger charge is 2.16. The molecule has 19 heavy (non-hydrogen) atoms. The summed E-state index contributed by atoms with van der Waals surface area (Å²) in [4.78, 5) is 4.94. The van der Waals surface area contributed by atoms with E-state index in [0.29, 0.717) is 0 Å². The normalized spacial score (nSPS) is 15.6. The van der Waals surface area contributed by atoms with Gasteiger partial charge in [0.15, 0.2) is 0 Å². The van der Waals surface area contributed by atoms with Gasteiger partial charge in [-0.05, 0) is 31.2 Å². The summed E-state index contributed by atoms with van der Waals surface area (Å²) in [7, 11) is 0. The fourth-order valence-corrected chi connectivity index (χ4v) is 2.62. The summed E-state index contributed by atoms with van der Waals surface area (Å²) in [5, 5.41) is 1.92. The van der Waals surface area contributed by atoms with Gasteiger partial charge in [0.05, 0.1) is 0 Å². The van der Waals surface area contributed by atoms with Crippen molar-refractivity contribution in [2.45, 2.75) is 6.42 Å². The quantitative estimate of drug-likeness (QED) is 0.591. The van der Waals surface area contributed by atoms with Crippen molar-refractivity contribution >= 4 is 67.2 Å². The van der Waals surface area contributed by atoms with E-state index in [9.17, 15) is 0 Å². The molecule has 2 rings (SSSR count). The van der Waals surface area contributed by atoms with Crippen LogP contribution in [0, 0.1) is 0 Å². The lowest BCUT2D eigenvalue weighted by Gasteiger charge is -2.36. The zero-order valence-corrected chi connectivity index (χ0v) is 16.5. The second kappa shape index (κ2) is 10.4. The molecule has 0 spiro atoms. The molecule has 0 saturated carbocycles. The molecule has 0 N–H and O–H groups in total. The monoisotopic (exact) mass is 476 g/mol. The Morgan fingerprint density at radius 3 is 2.37 bits per heavy atom. The Bertz CT molecular complexity index is 357. The Hall–Kier alpha value is 0.710. The van der Waals surface area contributed by atoms with E-state index in [4.69, 9.17) is 11.6 Å². The summed E-state index contributed by atoms with van der Waals surface area (Å²) in [5.41, 5.74) is 1.25. The van der Waals surface area contributed by atoms with Crippen LogP contribution in [-0.4, -0.2) is 43.0 Å². The van der Waals surface area contributed by atoms with Crippen LogP contribution in [0.2, 0.25) is 5.02 Å². The van der Waals surface area contributed by atoms with Crippen molar-refractivity contribution in [1.29, 1.82) is 0 Å². The number of benzene rings is 1. The molecular formula is C13H20Br3ClN2. The molecule has 1 aromatic carbocycles. The number of nitrogens with zero attached hydrogens (tertiary/aromatic N) is 2. The molecule has 1 heterocycles. The fourth-order valence-electron chi connectivity index (χ4n) is 2.19. The smallest absolute Gasteiger partial charge is 0.0426 e. The highest BCUT2D eigenvalue weighted by Crippen LogP contribution is 2.20. The molecule has 0 bridgehead atoms. The van der Waals surface area contributed by atoms with E-state index in [0.717, 1.165) is 36.5 Å². The van der Waals surface area contributed by atoms with Crippen molar-refractivity contribution in [3.8, 4) is 0 Å². The second-order valence-electron chi connectivity index (χ2n) is 4.35. The Balaban J connectivity index is 0.00000162. The van der Waals surface area contributed by atoms with Crippen LogP contribution in [0.1, 0.15) is 6.42 Å². The molecule has 1 aromatic rings. The van der Waals surface area contributed by atoms with E-state index >= 15 is 0 Å². The summed E-state index contributed by atoms with van der Waals surface area (Å²) >= 11 is 9.50. The van der Waals surface area contributed by atoms with Gasteiger partial charge in [0.2, 0.25) is 0 Å². The van der Waals surface area contributed by atoms with Crippen molar-refractivity contribution in [2.75, 3.05) is 43.0 Å². The topological polar surface area (TPSA) is 6.48 Å². The highest BCUT2D eigenvalue weighted by atomic mass is 79.9. The van der Waals surface area contributed by atoms with Gasteiger partial charge in [0.25, 0.3) is 0 Å². The summed E-state index contributed by atoms with van der Waals surface area (Å²) in [6.07, 6.45) is 1.23. The third kappa shape index (κ3) is 6.34. The minimum Gasteiger partial charge on any atom is -0.369 e. The number of piperazine rings is 1. The first kappa shape index (κ1) is 19.7. The van der Waals surface area contributed by atoms with E-state index in [1.165, 1.54) is 18.7 Å². The molecule has 0 unspecified atom stereocenters. The number of anilines is 1. The van der Waals surface area contributed by atoms with Crippen LogP contribution in [0.5, 0.6) is 0 Å². The molecule has 6 heteroatoms. The largest absolute Gasteiger partial charge is 0.369 e. The van der Waals surface area contributed by atoms with Crippen LogP contribution in [-0.2, 0) is 0 Å². The molecule has 0 radical (unpaired) electrons. The predicted octanol–water partition coefficient (Wildman–Crippen LogP) is 4.40. The van der Waals surface area contributed by atoms with Gasteiger partial charge in [-0.25, -0.2) is 0 Å². The summed E-state index contributed by atoms with van der Waals surface area (Å²) in [6.45, 7) is 5.71. The molecule has 110 valence electrons. The zero-order chi connectivity index (χ0) is 12.1. The first-order valence-electron chi connectivity index (χ1n) is 6.08. The van der Waals surface area contributed by atoms with Crippen LogP contribution in [0.4, 0.5) is 5.69 Å². The third-order valence-corrected chi connectivity index (χ3v) is 3.95. The SMILES string of the molecule is Br.Br.Clc1cccc(N2CCN(CCCBr)CC2)c1. The Kier molecular flexibility index (Phi) is 10.8. The van der Waals surface area contributed by atoms with Crippen LogP contribution in [0.25, 0.3) is 0 Å². The molecule has 2 nitrogen and oxygen atoms in total. The maximum Gasteiger partial charge on any atom is 0.0426 e. The number of rotatable bonds is 4. The van der Waals surface area contributed by atoms with Crippen LogP contribution >= 0.6 is 61.5 Å². The lowest BCUT2D eigenvalue weighted by Crippen LogP contribution is -2.46. The number of alkyl halides is 1. The van der Waals surface area contributed by atoms with E-state index in [-0.39, 0.29) is 34.0 Å². The zero-order valence-electron chi connectivity index (χ0n) is 10.7. The van der Waals surface area contributed by atoms with Gasteiger partial charge >= 0.3 is 0 Å². The first-order chi connectivity index (χ1) is 8.29. The second-order valence-corrected chi connectivity index (χ2v) is 5.58. The first-order valence-corrected chi connectivity index (χ1v) is 7.58. The lowest BCUT2D eigenvalue weighted by molar-refractivity contribution is 0.259. The van der Waals surface area contributed by atoms with Gasteiger partial charge in [-0.3, -0.25) is 4.90 Å². The standard InChI is InChI=1S/C13H18BrClN2.2BrH/c14-5-2-6-16-7-9-17(10-8-16)13-4-1-3-12(15)11-13;;/h1,3-4,11H,2,5-10H2;2*1H. The van der Waals surface area contributed by atoms with E-state index < -0.39 is 0 Å². The van der Waals surface area contributed by atoms with Gasteiger partial charge in [-0.1, -0.05) is 33.6 Å². The van der Waals surface area contributed by atoms with Crippen LogP contribution < -0.4 is 4.90 Å². The van der Waals surface area contributed by atoms with Crippen LogP contribution in [0.15, 0.2) is 24.3 Å². The van der Waals surface area contributed by atoms with Gasteiger partial charge in [0, 0.05) is 42.2 Å². The van der Waals surface area contributed by atoms with E-state index in [1.807, 2.05) is 12.1 Å². The Morgan fingerprint density at radius 1 is 1.11 bits per heavy atom. The molecular weight excluding hydrogens is 459 g/mol. The fraction of sp³-hybridized carbons (Fsp3) is 0.538. The molecule has 0 aromatic heterocycles. The van der Waals surface area contributed by atoms with Crippen molar-refractivity contribution in [3.63, 3.8) is 0 Å². The maximum atomic E-state index is 6.02. The van der Waals surface area contributed by atoms with Gasteiger partial charge in [0.1, 0.15) is 0 Å². The van der Waals surface area contributed by atoms with Crippen molar-refractivity contribution < 1.29 is 0 Å². The van der Waals surface area contributed by atoms with Gasteiger partial charge in [-0.15, -0.1) is 34.0 Å². The Morgan fingerprint density at radius 2 is 1.79 bits per heavy atom. The molecule has 1 fully saturated rings. The predicted molar refractivity (Wildman–Crippen MR) is 99.2 cm³/mol. The minimum atomic E-state index is 0. The van der Waals surface area contributed by atoms with Crippen molar-refractivity contribution in [1.82, 2.24) is 4.90 Å². The molecule has 0 aliphatic carbocycles. The summed E-state index contributed by atoms with van der Waals surface area (Å²) in [6, 6.07) is 8.14. The minimum absolute atomic E-state index is 0. The number of hydrogen-bond donors (Lipinski definition) is 0. The van der Waals surface area contributed by atoms with E-state index in [1.54, 1.807) is 0 Å². The number of halogens is 4. The molecule has 1 aliphatic heterocycles. The van der Waals surface area contributed by atoms with Crippen LogP contribution in [0.3, 0.4) is 0 Å². The van der Waals surface area contributed by atoms with Crippen molar-refractivity contribution in [3.05, 3.63) is 29.3 Å². The Labute approximate surface area is 150 Å². The van der Waals surface area contributed by atoms with Crippen molar-refractivity contribution in [2.24, 2.45) is 0 Å². The molecule has 0 atom stereocenters. The van der Waals surface area contributed by atoms with Gasteiger partial charge < -0.3 is 4.90 Å². The van der Waals surface area contributed by atoms with Gasteiger partial charge in [-0.2, -0.15) is 0 Å². The summed E-state index contributed by atoms with van der Waals surface area (Å²) < 4.78 is 0.